The Balaban J connectivity index is 1.59. The summed E-state index contributed by atoms with van der Waals surface area (Å²) in [7, 11) is 0. The third kappa shape index (κ3) is 2.90. The summed E-state index contributed by atoms with van der Waals surface area (Å²) in [4.78, 5) is 19.6. The Hall–Kier alpha value is -2.40. The molecule has 0 radical (unpaired) electrons. The van der Waals surface area contributed by atoms with E-state index in [1.165, 1.54) is 5.56 Å². The van der Waals surface area contributed by atoms with Crippen molar-refractivity contribution in [3.8, 4) is 0 Å². The van der Waals surface area contributed by atoms with Crippen molar-refractivity contribution < 1.29 is 4.79 Å². The fourth-order valence-corrected chi connectivity index (χ4v) is 4.66. The molecular weight excluding hydrogens is 402 g/mol. The van der Waals surface area contributed by atoms with Gasteiger partial charge in [-0.3, -0.25) is 4.79 Å². The van der Waals surface area contributed by atoms with Crippen molar-refractivity contribution in [1.82, 2.24) is 14.5 Å². The van der Waals surface area contributed by atoms with Crippen LogP contribution in [0.3, 0.4) is 0 Å². The Kier molecular flexibility index (Phi) is 4.12. The van der Waals surface area contributed by atoms with E-state index in [1.54, 1.807) is 0 Å². The standard InChI is InChI=1S/C22H20BrN3O/c23-19-6-2-1-4-16(19)13-26-14-17(18-5-3-9-24-22(18)26)12-20-21(27)15-7-10-25(20)11-8-15/h1-6,9,12,14-15H,7-8,10-11,13H2/b20-12-. The fraction of sp³-hybridized carbons (Fsp3) is 0.273. The lowest BCUT2D eigenvalue weighted by Crippen LogP contribution is -2.45. The molecule has 3 aromatic rings. The lowest BCUT2D eigenvalue weighted by Gasteiger charge is -2.41. The number of allylic oxidation sites excluding steroid dienone is 1. The largest absolute Gasteiger partial charge is 0.369 e. The van der Waals surface area contributed by atoms with E-state index in [9.17, 15) is 4.79 Å². The summed E-state index contributed by atoms with van der Waals surface area (Å²) in [6.45, 7) is 2.73. The van der Waals surface area contributed by atoms with E-state index in [2.05, 4.69) is 60.9 Å². The van der Waals surface area contributed by atoms with E-state index < -0.39 is 0 Å². The summed E-state index contributed by atoms with van der Waals surface area (Å²) in [5.74, 6) is 0.524. The van der Waals surface area contributed by atoms with Gasteiger partial charge in [0.2, 0.25) is 0 Å². The molecule has 3 aliphatic rings. The van der Waals surface area contributed by atoms with Gasteiger partial charge in [-0.15, -0.1) is 0 Å². The maximum Gasteiger partial charge on any atom is 0.182 e. The van der Waals surface area contributed by atoms with E-state index in [1.807, 2.05) is 24.4 Å². The molecule has 5 heterocycles. The van der Waals surface area contributed by atoms with Crippen molar-refractivity contribution in [2.45, 2.75) is 19.4 Å². The molecular formula is C22H20BrN3O. The number of halogens is 1. The third-order valence-electron chi connectivity index (χ3n) is 5.71. The predicted octanol–water partition coefficient (Wildman–Crippen LogP) is 4.48. The maximum absolute atomic E-state index is 12.7. The summed E-state index contributed by atoms with van der Waals surface area (Å²) in [5, 5.41) is 1.09. The molecule has 2 bridgehead atoms. The van der Waals surface area contributed by atoms with Gasteiger partial charge >= 0.3 is 0 Å². The molecule has 136 valence electrons. The van der Waals surface area contributed by atoms with Gasteiger partial charge in [-0.1, -0.05) is 34.1 Å². The number of carbonyl (C=O) groups excluding carboxylic acids is 1. The molecule has 3 saturated heterocycles. The van der Waals surface area contributed by atoms with Crippen LogP contribution in [0.25, 0.3) is 17.1 Å². The first-order valence-corrected chi connectivity index (χ1v) is 10.2. The van der Waals surface area contributed by atoms with Crippen LogP contribution in [0.15, 0.2) is 59.0 Å². The molecule has 0 atom stereocenters. The van der Waals surface area contributed by atoms with E-state index in [-0.39, 0.29) is 5.92 Å². The first-order chi connectivity index (χ1) is 13.2. The van der Waals surface area contributed by atoms with Crippen molar-refractivity contribution in [1.29, 1.82) is 0 Å². The minimum Gasteiger partial charge on any atom is -0.369 e. The number of benzene rings is 1. The van der Waals surface area contributed by atoms with E-state index in [4.69, 9.17) is 0 Å². The molecule has 0 unspecified atom stereocenters. The van der Waals surface area contributed by atoms with Gasteiger partial charge in [0.1, 0.15) is 5.65 Å². The number of piperidine rings is 3. The van der Waals surface area contributed by atoms with E-state index in [0.717, 1.165) is 59.2 Å². The molecule has 3 aliphatic heterocycles. The van der Waals surface area contributed by atoms with Crippen LogP contribution >= 0.6 is 15.9 Å². The smallest absolute Gasteiger partial charge is 0.182 e. The van der Waals surface area contributed by atoms with Crippen molar-refractivity contribution >= 4 is 38.8 Å². The molecule has 0 aliphatic carbocycles. The Bertz CT molecular complexity index is 1060. The Morgan fingerprint density at radius 3 is 2.74 bits per heavy atom. The molecule has 27 heavy (non-hydrogen) atoms. The molecule has 3 fully saturated rings. The highest BCUT2D eigenvalue weighted by Gasteiger charge is 2.36. The van der Waals surface area contributed by atoms with Crippen molar-refractivity contribution in [3.63, 3.8) is 0 Å². The van der Waals surface area contributed by atoms with Gasteiger partial charge in [-0.2, -0.15) is 0 Å². The molecule has 0 spiro atoms. The van der Waals surface area contributed by atoms with Crippen LogP contribution in [0, 0.1) is 5.92 Å². The predicted molar refractivity (Wildman–Crippen MR) is 110 cm³/mol. The molecule has 5 heteroatoms. The number of fused-ring (bicyclic) bond motifs is 4. The SMILES string of the molecule is O=C1/C(=C/c2cn(Cc3ccccc3Br)c3ncccc23)N2CCC1CC2. The second-order valence-corrected chi connectivity index (χ2v) is 8.19. The average molecular weight is 422 g/mol. The van der Waals surface area contributed by atoms with Gasteiger partial charge in [-0.25, -0.2) is 4.98 Å². The molecule has 0 saturated carbocycles. The Labute approximate surface area is 166 Å². The van der Waals surface area contributed by atoms with Gasteiger partial charge in [0.05, 0.1) is 12.2 Å². The number of aromatic nitrogens is 2. The van der Waals surface area contributed by atoms with Gasteiger partial charge in [0.25, 0.3) is 0 Å². The molecule has 0 N–H and O–H groups in total. The van der Waals surface area contributed by atoms with Crippen LogP contribution in [-0.2, 0) is 11.3 Å². The number of hydrogen-bond donors (Lipinski definition) is 0. The molecule has 0 amide bonds. The van der Waals surface area contributed by atoms with Crippen molar-refractivity contribution in [2.24, 2.45) is 5.92 Å². The minimum absolute atomic E-state index is 0.216. The highest BCUT2D eigenvalue weighted by molar-refractivity contribution is 9.10. The van der Waals surface area contributed by atoms with Crippen LogP contribution in [0.5, 0.6) is 0 Å². The molecule has 2 aromatic heterocycles. The first kappa shape index (κ1) is 16.8. The van der Waals surface area contributed by atoms with E-state index >= 15 is 0 Å². The monoisotopic (exact) mass is 421 g/mol. The van der Waals surface area contributed by atoms with Crippen LogP contribution in [0.4, 0.5) is 0 Å². The Morgan fingerprint density at radius 2 is 1.96 bits per heavy atom. The molecule has 6 rings (SSSR count). The fourth-order valence-electron chi connectivity index (χ4n) is 4.25. The number of pyridine rings is 1. The number of nitrogens with zero attached hydrogens (tertiary/aromatic N) is 3. The number of ketones is 1. The van der Waals surface area contributed by atoms with Crippen molar-refractivity contribution in [2.75, 3.05) is 13.1 Å². The lowest BCUT2D eigenvalue weighted by molar-refractivity contribution is -0.125. The summed E-state index contributed by atoms with van der Waals surface area (Å²) < 4.78 is 3.26. The first-order valence-electron chi connectivity index (χ1n) is 9.39. The number of Topliss-reactive ketones (excluding diaryl/α,β-unsaturated/α-hetero) is 1. The highest BCUT2D eigenvalue weighted by Crippen LogP contribution is 2.34. The quantitative estimate of drug-likeness (QED) is 0.584. The minimum atomic E-state index is 0.216. The third-order valence-corrected chi connectivity index (χ3v) is 6.49. The van der Waals surface area contributed by atoms with Crippen LogP contribution in [0.2, 0.25) is 0 Å². The summed E-state index contributed by atoms with van der Waals surface area (Å²) >= 11 is 3.64. The maximum atomic E-state index is 12.7. The number of carbonyl (C=O) groups is 1. The van der Waals surface area contributed by atoms with Crippen LogP contribution in [0.1, 0.15) is 24.0 Å². The zero-order chi connectivity index (χ0) is 18.4. The van der Waals surface area contributed by atoms with Gasteiger partial charge in [0.15, 0.2) is 5.78 Å². The number of rotatable bonds is 3. The summed E-state index contributed by atoms with van der Waals surface area (Å²) in [5.41, 5.74) is 4.10. The Morgan fingerprint density at radius 1 is 1.15 bits per heavy atom. The van der Waals surface area contributed by atoms with Crippen LogP contribution in [-0.4, -0.2) is 33.3 Å². The van der Waals surface area contributed by atoms with Crippen LogP contribution < -0.4 is 0 Å². The second kappa shape index (κ2) is 6.64. The number of hydrogen-bond acceptors (Lipinski definition) is 3. The molecule has 4 nitrogen and oxygen atoms in total. The zero-order valence-corrected chi connectivity index (χ0v) is 16.5. The normalized spacial score (nSPS) is 18.8. The topological polar surface area (TPSA) is 38.1 Å². The lowest BCUT2D eigenvalue weighted by atomic mass is 9.84. The summed E-state index contributed by atoms with van der Waals surface area (Å²) in [6, 6.07) is 12.3. The average Bonchev–Trinajstić information content (AvgIpc) is 3.04. The van der Waals surface area contributed by atoms with Gasteiger partial charge < -0.3 is 9.47 Å². The van der Waals surface area contributed by atoms with Gasteiger partial charge in [-0.05, 0) is 42.7 Å². The highest BCUT2D eigenvalue weighted by atomic mass is 79.9. The summed E-state index contributed by atoms with van der Waals surface area (Å²) in [6.07, 6.45) is 8.03. The van der Waals surface area contributed by atoms with Gasteiger partial charge in [0, 0.05) is 46.8 Å². The van der Waals surface area contributed by atoms with E-state index in [0.29, 0.717) is 5.78 Å². The molecule has 1 aromatic carbocycles. The zero-order valence-electron chi connectivity index (χ0n) is 14.9. The second-order valence-electron chi connectivity index (χ2n) is 7.33. The van der Waals surface area contributed by atoms with Crippen molar-refractivity contribution in [3.05, 3.63) is 70.1 Å².